The maximum atomic E-state index is 6.68. The Morgan fingerprint density at radius 1 is 1.29 bits per heavy atom. The fraction of sp³-hybridized carbons (Fsp3) is 0.800. The number of unbranched alkanes of at least 4 members (excludes halogenated alkanes) is 2. The first-order chi connectivity index (χ1) is 2.91. The summed E-state index contributed by atoms with van der Waals surface area (Å²) in [6.07, 6.45) is 3.12. The number of hydrogen-bond acceptors (Lipinski definition) is 0. The third-order valence-corrected chi connectivity index (χ3v) is 0.677. The van der Waals surface area contributed by atoms with E-state index >= 15 is 0 Å². The van der Waals surface area contributed by atoms with Gasteiger partial charge in [-0.1, -0.05) is 12.8 Å². The fourth-order valence-corrected chi connectivity index (χ4v) is 0.302. The van der Waals surface area contributed by atoms with Crippen molar-refractivity contribution in [1.29, 1.82) is 0 Å². The van der Waals surface area contributed by atoms with Gasteiger partial charge in [0.25, 0.3) is 0 Å². The van der Waals surface area contributed by atoms with Crippen LogP contribution in [-0.4, -0.2) is 6.54 Å². The molecule has 7 heavy (non-hydrogen) atoms. The predicted octanol–water partition coefficient (Wildman–Crippen LogP) is 2.04. The Morgan fingerprint density at radius 3 is 2.00 bits per heavy atom. The summed E-state index contributed by atoms with van der Waals surface area (Å²) < 4.78 is 0. The number of hydrogen-bond donors (Lipinski definition) is 0. The molecule has 0 radical (unpaired) electrons. The van der Waals surface area contributed by atoms with E-state index in [9.17, 15) is 0 Å². The molecule has 0 heterocycles. The quantitative estimate of drug-likeness (QED) is 0.319. The molecule has 1 nitrogen and oxygen atoms in total. The Balaban J connectivity index is 0. The first-order valence-electron chi connectivity index (χ1n) is 2.35. The molecule has 0 aliphatic carbocycles. The van der Waals surface area contributed by atoms with E-state index in [4.69, 9.17) is 5.73 Å². The van der Waals surface area contributed by atoms with Crippen molar-refractivity contribution in [3.63, 3.8) is 0 Å². The molecular weight excluding hydrogens is 122 g/mol. The van der Waals surface area contributed by atoms with Crippen molar-refractivity contribution < 1.29 is 21.7 Å². The van der Waals surface area contributed by atoms with E-state index in [-0.39, 0.29) is 21.7 Å². The van der Waals surface area contributed by atoms with Crippen LogP contribution < -0.4 is 0 Å². The van der Waals surface area contributed by atoms with Gasteiger partial charge in [0.15, 0.2) is 0 Å². The van der Waals surface area contributed by atoms with Crippen LogP contribution in [0.1, 0.15) is 19.3 Å². The van der Waals surface area contributed by atoms with Gasteiger partial charge >= 0.3 is 21.7 Å². The van der Waals surface area contributed by atoms with E-state index in [2.05, 4.69) is 6.92 Å². The summed E-state index contributed by atoms with van der Waals surface area (Å²) in [6.45, 7) is 4.20. The molecule has 2 heteroatoms. The number of nitrogens with one attached hydrogen (secondary N) is 1. The topological polar surface area (TPSA) is 23.8 Å². The summed E-state index contributed by atoms with van der Waals surface area (Å²) in [5.41, 5.74) is 6.68. The van der Waals surface area contributed by atoms with Gasteiger partial charge in [0, 0.05) is 0 Å². The van der Waals surface area contributed by atoms with E-state index in [0.717, 1.165) is 19.3 Å². The van der Waals surface area contributed by atoms with E-state index in [1.807, 2.05) is 0 Å². The van der Waals surface area contributed by atoms with Crippen molar-refractivity contribution in [2.75, 3.05) is 6.54 Å². The van der Waals surface area contributed by atoms with Crippen molar-refractivity contribution in [3.8, 4) is 0 Å². The molecule has 0 rings (SSSR count). The summed E-state index contributed by atoms with van der Waals surface area (Å²) in [5, 5.41) is 0. The Morgan fingerprint density at radius 2 is 1.86 bits per heavy atom. The SMILES string of the molecule is [CH2-]CCCC[NH-].[Ti+2]. The molecule has 40 valence electrons. The van der Waals surface area contributed by atoms with Crippen LogP contribution in [0.25, 0.3) is 5.73 Å². The van der Waals surface area contributed by atoms with Gasteiger partial charge in [-0.2, -0.15) is 13.0 Å². The molecule has 0 spiro atoms. The maximum absolute atomic E-state index is 6.68. The van der Waals surface area contributed by atoms with Crippen molar-refractivity contribution >= 4 is 0 Å². The van der Waals surface area contributed by atoms with Gasteiger partial charge in [0.05, 0.1) is 0 Å². The maximum Gasteiger partial charge on any atom is 2.00 e. The fourth-order valence-electron chi connectivity index (χ4n) is 0.302. The molecule has 0 amide bonds. The number of rotatable bonds is 3. The van der Waals surface area contributed by atoms with Crippen LogP contribution in [-0.2, 0) is 21.7 Å². The second-order valence-electron chi connectivity index (χ2n) is 1.31. The largest absolute Gasteiger partial charge is 2.00 e. The van der Waals surface area contributed by atoms with Crippen molar-refractivity contribution in [3.05, 3.63) is 12.7 Å². The van der Waals surface area contributed by atoms with Crippen molar-refractivity contribution in [1.82, 2.24) is 0 Å². The Labute approximate surface area is 60.5 Å². The molecule has 0 saturated heterocycles. The van der Waals surface area contributed by atoms with Crippen LogP contribution in [0.2, 0.25) is 0 Å². The van der Waals surface area contributed by atoms with E-state index < -0.39 is 0 Å². The molecule has 0 aromatic carbocycles. The van der Waals surface area contributed by atoms with Gasteiger partial charge in [-0.25, -0.2) is 0 Å². The van der Waals surface area contributed by atoms with E-state index in [1.54, 1.807) is 0 Å². The zero-order chi connectivity index (χ0) is 4.83. The molecule has 0 aliphatic heterocycles. The summed E-state index contributed by atoms with van der Waals surface area (Å²) >= 11 is 0. The van der Waals surface area contributed by atoms with Crippen molar-refractivity contribution in [2.24, 2.45) is 0 Å². The first kappa shape index (κ1) is 10.6. The van der Waals surface area contributed by atoms with E-state index in [1.165, 1.54) is 0 Å². The van der Waals surface area contributed by atoms with Crippen LogP contribution in [0.5, 0.6) is 0 Å². The monoisotopic (exact) mass is 133 g/mol. The average Bonchev–Trinajstić information content (AvgIpc) is 1.61. The summed E-state index contributed by atoms with van der Waals surface area (Å²) in [4.78, 5) is 0. The minimum atomic E-state index is 0. The van der Waals surface area contributed by atoms with Crippen molar-refractivity contribution in [2.45, 2.75) is 19.3 Å². The van der Waals surface area contributed by atoms with Crippen LogP contribution >= 0.6 is 0 Å². The van der Waals surface area contributed by atoms with Gasteiger partial charge in [0.2, 0.25) is 0 Å². The van der Waals surface area contributed by atoms with Crippen LogP contribution in [0.4, 0.5) is 0 Å². The van der Waals surface area contributed by atoms with Gasteiger partial charge in [-0.3, -0.25) is 0 Å². The summed E-state index contributed by atoms with van der Waals surface area (Å²) in [7, 11) is 0. The zero-order valence-electron chi connectivity index (χ0n) is 4.54. The molecular formula is C5H11NTi. The average molecular weight is 133 g/mol. The molecule has 1 N–H and O–H groups in total. The minimum absolute atomic E-state index is 0. The van der Waals surface area contributed by atoms with Gasteiger partial charge < -0.3 is 12.7 Å². The molecule has 0 saturated carbocycles. The summed E-state index contributed by atoms with van der Waals surface area (Å²) in [5.74, 6) is 0. The zero-order valence-corrected chi connectivity index (χ0v) is 6.10. The van der Waals surface area contributed by atoms with Crippen LogP contribution in [0.15, 0.2) is 0 Å². The molecule has 0 unspecified atom stereocenters. The third-order valence-electron chi connectivity index (χ3n) is 0.677. The second kappa shape index (κ2) is 9.84. The molecule has 0 aliphatic rings. The van der Waals surface area contributed by atoms with Gasteiger partial charge in [-0.15, -0.1) is 0 Å². The Bertz CT molecular complexity index is 20.0. The smallest absolute Gasteiger partial charge is 0.677 e. The third kappa shape index (κ3) is 10.8. The predicted molar refractivity (Wildman–Crippen MR) is 28.4 cm³/mol. The normalized spacial score (nSPS) is 7.71. The van der Waals surface area contributed by atoms with E-state index in [0.29, 0.717) is 6.54 Å². The second-order valence-corrected chi connectivity index (χ2v) is 1.31. The minimum Gasteiger partial charge on any atom is -0.677 e. The van der Waals surface area contributed by atoms with Gasteiger partial charge in [-0.05, 0) is 0 Å². The van der Waals surface area contributed by atoms with Crippen LogP contribution in [0.3, 0.4) is 0 Å². The molecule has 0 aromatic heterocycles. The summed E-state index contributed by atoms with van der Waals surface area (Å²) in [6, 6.07) is 0. The molecule has 0 aromatic rings. The molecule has 0 bridgehead atoms. The first-order valence-corrected chi connectivity index (χ1v) is 2.35. The molecule has 0 atom stereocenters. The van der Waals surface area contributed by atoms with Gasteiger partial charge in [0.1, 0.15) is 0 Å². The van der Waals surface area contributed by atoms with Crippen LogP contribution in [0, 0.1) is 6.92 Å². The Hall–Kier alpha value is 0.674. The molecule has 0 fully saturated rings. The standard InChI is InChI=1S/C5H11N.Ti/c1-2-3-4-5-6;/h6H,1-5H2;/q-2;+2. The Kier molecular flexibility index (Phi) is 14.9.